The second-order valence-electron chi connectivity index (χ2n) is 6.61. The molecule has 2 aromatic rings. The molecular weight excluding hydrogens is 534 g/mol. The first-order chi connectivity index (χ1) is 14.8. The largest absolute Gasteiger partial charge is 0.493 e. The van der Waals surface area contributed by atoms with Gasteiger partial charge in [-0.05, 0) is 74.7 Å². The van der Waals surface area contributed by atoms with Crippen molar-refractivity contribution in [3.05, 3.63) is 56.5 Å². The molecule has 2 aromatic carbocycles. The molecule has 0 radical (unpaired) electrons. The molecule has 1 atom stereocenters. The summed E-state index contributed by atoms with van der Waals surface area (Å²) in [7, 11) is 3.09. The Morgan fingerprint density at radius 1 is 0.968 bits per heavy atom. The molecule has 9 heteroatoms. The van der Waals surface area contributed by atoms with Crippen LogP contribution in [0, 0.1) is 5.92 Å². The van der Waals surface area contributed by atoms with Gasteiger partial charge in [-0.25, -0.2) is 0 Å². The SMILES string of the molecule is COc1ccc(CCOC(=O)C(CNC(=O)c2ccc(Br)c(Br)c2)C(C)=O)cc1OC. The van der Waals surface area contributed by atoms with Crippen LogP contribution in [0.1, 0.15) is 22.8 Å². The average molecular weight is 557 g/mol. The molecule has 0 aliphatic heterocycles. The number of rotatable bonds is 10. The summed E-state index contributed by atoms with van der Waals surface area (Å²) in [6.45, 7) is 1.24. The number of carbonyl (C=O) groups excluding carboxylic acids is 3. The van der Waals surface area contributed by atoms with Gasteiger partial charge in [0, 0.05) is 27.5 Å². The van der Waals surface area contributed by atoms with Crippen LogP contribution in [-0.2, 0) is 20.7 Å². The second-order valence-corrected chi connectivity index (χ2v) is 8.32. The van der Waals surface area contributed by atoms with Crippen LogP contribution in [0.4, 0.5) is 0 Å². The van der Waals surface area contributed by atoms with Gasteiger partial charge in [0.2, 0.25) is 0 Å². The number of esters is 1. The first kappa shape index (κ1) is 24.9. The minimum absolute atomic E-state index is 0.0890. The minimum atomic E-state index is -1.08. The molecule has 0 saturated heterocycles. The molecule has 166 valence electrons. The fraction of sp³-hybridized carbons (Fsp3) is 0.318. The Labute approximate surface area is 197 Å². The zero-order valence-electron chi connectivity index (χ0n) is 17.4. The molecule has 31 heavy (non-hydrogen) atoms. The Morgan fingerprint density at radius 2 is 1.68 bits per heavy atom. The normalized spacial score (nSPS) is 11.4. The zero-order chi connectivity index (χ0) is 23.0. The number of Topliss-reactive ketones (excluding diaryl/α,β-unsaturated/α-hetero) is 1. The van der Waals surface area contributed by atoms with Crippen LogP contribution in [0.5, 0.6) is 11.5 Å². The maximum absolute atomic E-state index is 12.4. The van der Waals surface area contributed by atoms with Crippen molar-refractivity contribution in [1.82, 2.24) is 5.32 Å². The van der Waals surface area contributed by atoms with Crippen molar-refractivity contribution in [3.8, 4) is 11.5 Å². The zero-order valence-corrected chi connectivity index (χ0v) is 20.5. The van der Waals surface area contributed by atoms with Gasteiger partial charge in [0.05, 0.1) is 20.8 Å². The molecule has 7 nitrogen and oxygen atoms in total. The number of amides is 1. The molecule has 0 bridgehead atoms. The third kappa shape index (κ3) is 7.07. The first-order valence-electron chi connectivity index (χ1n) is 9.38. The summed E-state index contributed by atoms with van der Waals surface area (Å²) in [5, 5.41) is 2.62. The molecule has 0 aliphatic carbocycles. The van der Waals surface area contributed by atoms with Crippen LogP contribution in [-0.4, -0.2) is 45.0 Å². The molecule has 0 spiro atoms. The Balaban J connectivity index is 1.91. The number of hydrogen-bond acceptors (Lipinski definition) is 6. The van der Waals surface area contributed by atoms with Crippen LogP contribution in [0.25, 0.3) is 0 Å². The summed E-state index contributed by atoms with van der Waals surface area (Å²) in [6.07, 6.45) is 0.440. The highest BCUT2D eigenvalue weighted by Crippen LogP contribution is 2.27. The quantitative estimate of drug-likeness (QED) is 0.352. The van der Waals surface area contributed by atoms with Crippen molar-refractivity contribution in [2.24, 2.45) is 5.92 Å². The lowest BCUT2D eigenvalue weighted by molar-refractivity contribution is -0.151. The van der Waals surface area contributed by atoms with Crippen LogP contribution >= 0.6 is 31.9 Å². The van der Waals surface area contributed by atoms with E-state index in [9.17, 15) is 14.4 Å². The Hall–Kier alpha value is -2.39. The van der Waals surface area contributed by atoms with Crippen molar-refractivity contribution in [2.75, 3.05) is 27.4 Å². The van der Waals surface area contributed by atoms with Gasteiger partial charge in [-0.3, -0.25) is 14.4 Å². The number of hydrogen-bond donors (Lipinski definition) is 1. The van der Waals surface area contributed by atoms with Gasteiger partial charge in [0.1, 0.15) is 11.7 Å². The van der Waals surface area contributed by atoms with Crippen molar-refractivity contribution in [2.45, 2.75) is 13.3 Å². The second kappa shape index (κ2) is 11.9. The van der Waals surface area contributed by atoms with Gasteiger partial charge in [-0.15, -0.1) is 0 Å². The highest BCUT2D eigenvalue weighted by molar-refractivity contribution is 9.13. The van der Waals surface area contributed by atoms with E-state index in [2.05, 4.69) is 37.2 Å². The summed E-state index contributed by atoms with van der Waals surface area (Å²) >= 11 is 6.67. The highest BCUT2D eigenvalue weighted by atomic mass is 79.9. The van der Waals surface area contributed by atoms with E-state index in [0.29, 0.717) is 23.5 Å². The standard InChI is InChI=1S/C22H23Br2NO6/c1-13(26)16(12-25-21(27)15-5-6-17(23)18(24)11-15)22(28)31-9-8-14-4-7-19(29-2)20(10-14)30-3/h4-7,10-11,16H,8-9,12H2,1-3H3,(H,25,27). The van der Waals surface area contributed by atoms with Crippen LogP contribution in [0.3, 0.4) is 0 Å². The Bertz CT molecular complexity index is 963. The lowest BCUT2D eigenvalue weighted by Crippen LogP contribution is -2.37. The van der Waals surface area contributed by atoms with Gasteiger partial charge < -0.3 is 19.5 Å². The lowest BCUT2D eigenvalue weighted by Gasteiger charge is -2.15. The van der Waals surface area contributed by atoms with Gasteiger partial charge >= 0.3 is 5.97 Å². The first-order valence-corrected chi connectivity index (χ1v) is 11.0. The molecule has 0 fully saturated rings. The number of ether oxygens (including phenoxy) is 3. The Kier molecular flexibility index (Phi) is 9.51. The minimum Gasteiger partial charge on any atom is -0.493 e. The van der Waals surface area contributed by atoms with E-state index in [1.54, 1.807) is 44.6 Å². The Morgan fingerprint density at radius 3 is 2.29 bits per heavy atom. The number of nitrogens with one attached hydrogen (secondary N) is 1. The molecule has 0 aromatic heterocycles. The third-order valence-electron chi connectivity index (χ3n) is 4.51. The average Bonchev–Trinajstić information content (AvgIpc) is 2.75. The van der Waals surface area contributed by atoms with E-state index in [4.69, 9.17) is 14.2 Å². The third-order valence-corrected chi connectivity index (χ3v) is 6.39. The molecule has 2 rings (SSSR count). The van der Waals surface area contributed by atoms with Gasteiger partial charge in [0.15, 0.2) is 11.5 Å². The van der Waals surface area contributed by atoms with Crippen molar-refractivity contribution in [1.29, 1.82) is 0 Å². The van der Waals surface area contributed by atoms with Gasteiger partial charge in [-0.1, -0.05) is 6.07 Å². The molecule has 1 unspecified atom stereocenters. The van der Waals surface area contributed by atoms with E-state index in [1.807, 2.05) is 6.07 Å². The summed E-state index contributed by atoms with van der Waals surface area (Å²) in [5.41, 5.74) is 1.29. The van der Waals surface area contributed by atoms with E-state index < -0.39 is 17.8 Å². The topological polar surface area (TPSA) is 90.9 Å². The maximum Gasteiger partial charge on any atom is 0.318 e. The highest BCUT2D eigenvalue weighted by Gasteiger charge is 2.26. The molecule has 0 heterocycles. The number of benzene rings is 2. The van der Waals surface area contributed by atoms with E-state index in [-0.39, 0.29) is 18.9 Å². The number of methoxy groups -OCH3 is 2. The van der Waals surface area contributed by atoms with Crippen molar-refractivity contribution in [3.63, 3.8) is 0 Å². The van der Waals surface area contributed by atoms with E-state index >= 15 is 0 Å². The molecule has 0 saturated carbocycles. The molecular formula is C22H23Br2NO6. The van der Waals surface area contributed by atoms with Crippen LogP contribution < -0.4 is 14.8 Å². The fourth-order valence-corrected chi connectivity index (χ4v) is 3.36. The van der Waals surface area contributed by atoms with Crippen LogP contribution in [0.2, 0.25) is 0 Å². The number of halogens is 2. The predicted molar refractivity (Wildman–Crippen MR) is 123 cm³/mol. The van der Waals surface area contributed by atoms with Gasteiger partial charge in [0.25, 0.3) is 5.91 Å². The smallest absolute Gasteiger partial charge is 0.318 e. The van der Waals surface area contributed by atoms with Crippen molar-refractivity contribution < 1.29 is 28.6 Å². The van der Waals surface area contributed by atoms with E-state index in [1.165, 1.54) is 6.92 Å². The maximum atomic E-state index is 12.4. The van der Waals surface area contributed by atoms with E-state index in [0.717, 1.165) is 14.5 Å². The fourth-order valence-electron chi connectivity index (χ4n) is 2.73. The number of ketones is 1. The summed E-state index contributed by atoms with van der Waals surface area (Å²) in [5.74, 6) is -1.34. The molecule has 1 N–H and O–H groups in total. The molecule has 0 aliphatic rings. The molecule has 1 amide bonds. The van der Waals surface area contributed by atoms with Gasteiger partial charge in [-0.2, -0.15) is 0 Å². The van der Waals surface area contributed by atoms with Crippen molar-refractivity contribution >= 4 is 49.5 Å². The predicted octanol–water partition coefficient (Wildman–Crippen LogP) is 3.95. The van der Waals surface area contributed by atoms with Crippen LogP contribution in [0.15, 0.2) is 45.3 Å². The number of carbonyl (C=O) groups is 3. The summed E-state index contributed by atoms with van der Waals surface area (Å²) < 4.78 is 17.3. The lowest BCUT2D eigenvalue weighted by atomic mass is 10.1. The summed E-state index contributed by atoms with van der Waals surface area (Å²) in [4.78, 5) is 36.7. The monoisotopic (exact) mass is 555 g/mol. The summed E-state index contributed by atoms with van der Waals surface area (Å²) in [6, 6.07) is 10.4.